The molecule has 0 saturated heterocycles. The van der Waals surface area contributed by atoms with E-state index in [0.29, 0.717) is 13.2 Å². The zero-order valence-electron chi connectivity index (χ0n) is 13.2. The van der Waals surface area contributed by atoms with Crippen LogP contribution in [0.2, 0.25) is 0 Å². The molecule has 0 fully saturated rings. The second-order valence-corrected chi connectivity index (χ2v) is 5.14. The monoisotopic (exact) mass is 316 g/mol. The summed E-state index contributed by atoms with van der Waals surface area (Å²) < 4.78 is 10.5. The standard InChI is InChI=1S/C17H20N2O4/c1-13-5-7-14(8-6-13)22-11-9-19(2)16(20)12-18-17(21)15-4-3-10-23-15/h3-8,10H,9,11-12H2,1-2H3,(H,18,21). The number of aryl methyl sites for hydroxylation is 1. The highest BCUT2D eigenvalue weighted by Gasteiger charge is 2.13. The summed E-state index contributed by atoms with van der Waals surface area (Å²) in [4.78, 5) is 25.1. The van der Waals surface area contributed by atoms with Crippen molar-refractivity contribution in [2.75, 3.05) is 26.7 Å². The van der Waals surface area contributed by atoms with Crippen molar-refractivity contribution in [2.45, 2.75) is 6.92 Å². The molecule has 0 spiro atoms. The number of rotatable bonds is 7. The summed E-state index contributed by atoms with van der Waals surface area (Å²) in [5, 5.41) is 2.52. The highest BCUT2D eigenvalue weighted by Crippen LogP contribution is 2.11. The van der Waals surface area contributed by atoms with E-state index in [1.54, 1.807) is 19.2 Å². The van der Waals surface area contributed by atoms with Crippen LogP contribution in [0.1, 0.15) is 16.1 Å². The van der Waals surface area contributed by atoms with Gasteiger partial charge in [0.2, 0.25) is 5.91 Å². The van der Waals surface area contributed by atoms with E-state index in [1.165, 1.54) is 11.2 Å². The van der Waals surface area contributed by atoms with Gasteiger partial charge < -0.3 is 19.4 Å². The van der Waals surface area contributed by atoms with Crippen LogP contribution in [0.4, 0.5) is 0 Å². The van der Waals surface area contributed by atoms with Gasteiger partial charge in [-0.05, 0) is 31.2 Å². The van der Waals surface area contributed by atoms with Gasteiger partial charge in [-0.2, -0.15) is 0 Å². The number of carbonyl (C=O) groups is 2. The Kier molecular flexibility index (Phi) is 5.80. The van der Waals surface area contributed by atoms with Gasteiger partial charge in [0.05, 0.1) is 19.4 Å². The first kappa shape index (κ1) is 16.6. The Morgan fingerprint density at radius 1 is 1.22 bits per heavy atom. The molecule has 0 atom stereocenters. The average molecular weight is 316 g/mol. The fourth-order valence-corrected chi connectivity index (χ4v) is 1.85. The highest BCUT2D eigenvalue weighted by molar-refractivity contribution is 5.94. The molecule has 0 bridgehead atoms. The van der Waals surface area contributed by atoms with Gasteiger partial charge in [-0.1, -0.05) is 17.7 Å². The molecular formula is C17H20N2O4. The number of amides is 2. The molecule has 0 aliphatic carbocycles. The number of benzene rings is 1. The maximum absolute atomic E-state index is 11.9. The molecule has 1 aromatic heterocycles. The minimum absolute atomic E-state index is 0.0828. The third-order valence-corrected chi connectivity index (χ3v) is 3.29. The summed E-state index contributed by atoms with van der Waals surface area (Å²) >= 11 is 0. The van der Waals surface area contributed by atoms with E-state index >= 15 is 0 Å². The summed E-state index contributed by atoms with van der Waals surface area (Å²) in [6.07, 6.45) is 1.41. The molecule has 2 aromatic rings. The zero-order valence-corrected chi connectivity index (χ0v) is 13.2. The number of hydrogen-bond acceptors (Lipinski definition) is 4. The van der Waals surface area contributed by atoms with Crippen molar-refractivity contribution in [1.82, 2.24) is 10.2 Å². The largest absolute Gasteiger partial charge is 0.492 e. The van der Waals surface area contributed by atoms with Gasteiger partial charge in [0.25, 0.3) is 5.91 Å². The molecule has 0 radical (unpaired) electrons. The zero-order chi connectivity index (χ0) is 16.7. The van der Waals surface area contributed by atoms with Crippen LogP contribution in [0.25, 0.3) is 0 Å². The average Bonchev–Trinajstić information content (AvgIpc) is 3.08. The van der Waals surface area contributed by atoms with Crippen molar-refractivity contribution in [2.24, 2.45) is 0 Å². The van der Waals surface area contributed by atoms with Crippen molar-refractivity contribution in [3.63, 3.8) is 0 Å². The van der Waals surface area contributed by atoms with E-state index in [2.05, 4.69) is 5.32 Å². The van der Waals surface area contributed by atoms with Gasteiger partial charge >= 0.3 is 0 Å². The van der Waals surface area contributed by atoms with Crippen molar-refractivity contribution in [1.29, 1.82) is 0 Å². The van der Waals surface area contributed by atoms with E-state index in [-0.39, 0.29) is 18.2 Å². The van der Waals surface area contributed by atoms with Gasteiger partial charge in [-0.15, -0.1) is 0 Å². The number of ether oxygens (including phenoxy) is 1. The van der Waals surface area contributed by atoms with Crippen LogP contribution in [0, 0.1) is 6.92 Å². The minimum Gasteiger partial charge on any atom is -0.492 e. The molecule has 1 aromatic carbocycles. The van der Waals surface area contributed by atoms with Crippen molar-refractivity contribution >= 4 is 11.8 Å². The van der Waals surface area contributed by atoms with Crippen LogP contribution in [-0.4, -0.2) is 43.5 Å². The Labute approximate surface area is 135 Å². The highest BCUT2D eigenvalue weighted by atomic mass is 16.5. The Morgan fingerprint density at radius 2 is 1.96 bits per heavy atom. The lowest BCUT2D eigenvalue weighted by Crippen LogP contribution is -2.39. The first-order chi connectivity index (χ1) is 11.1. The van der Waals surface area contributed by atoms with Crippen LogP contribution >= 0.6 is 0 Å². The molecule has 1 N–H and O–H groups in total. The quantitative estimate of drug-likeness (QED) is 0.846. The van der Waals surface area contributed by atoms with E-state index in [4.69, 9.17) is 9.15 Å². The molecule has 0 aliphatic rings. The molecule has 2 amide bonds. The predicted molar refractivity (Wildman–Crippen MR) is 85.4 cm³/mol. The normalized spacial score (nSPS) is 10.2. The minimum atomic E-state index is -0.410. The molecule has 0 aliphatic heterocycles. The van der Waals surface area contributed by atoms with Crippen molar-refractivity contribution in [3.8, 4) is 5.75 Å². The summed E-state index contributed by atoms with van der Waals surface area (Å²) in [5.41, 5.74) is 1.16. The molecule has 6 heteroatoms. The maximum Gasteiger partial charge on any atom is 0.287 e. The smallest absolute Gasteiger partial charge is 0.287 e. The fraction of sp³-hybridized carbons (Fsp3) is 0.294. The van der Waals surface area contributed by atoms with Crippen molar-refractivity contribution in [3.05, 3.63) is 54.0 Å². The fourth-order valence-electron chi connectivity index (χ4n) is 1.85. The third kappa shape index (κ3) is 5.18. The maximum atomic E-state index is 11.9. The molecule has 6 nitrogen and oxygen atoms in total. The summed E-state index contributed by atoms with van der Waals surface area (Å²) in [5.74, 6) is 0.343. The predicted octanol–water partition coefficient (Wildman–Crippen LogP) is 1.86. The van der Waals surface area contributed by atoms with Gasteiger partial charge in [-0.25, -0.2) is 0 Å². The number of likely N-dealkylation sites (N-methyl/N-ethyl adjacent to an activating group) is 1. The number of nitrogens with one attached hydrogen (secondary N) is 1. The van der Waals surface area contributed by atoms with Crippen LogP contribution in [0.15, 0.2) is 47.1 Å². The summed E-state index contributed by atoms with van der Waals surface area (Å²) in [6, 6.07) is 10.9. The number of furan rings is 1. The Balaban J connectivity index is 1.68. The number of carbonyl (C=O) groups excluding carboxylic acids is 2. The van der Waals surface area contributed by atoms with Crippen molar-refractivity contribution < 1.29 is 18.7 Å². The molecular weight excluding hydrogens is 296 g/mol. The summed E-state index contributed by atoms with van der Waals surface area (Å²) in [7, 11) is 1.67. The SMILES string of the molecule is Cc1ccc(OCCN(C)C(=O)CNC(=O)c2ccco2)cc1. The molecule has 23 heavy (non-hydrogen) atoms. The topological polar surface area (TPSA) is 71.8 Å². The van der Waals surface area contributed by atoms with E-state index in [1.807, 2.05) is 31.2 Å². The molecule has 122 valence electrons. The van der Waals surface area contributed by atoms with E-state index < -0.39 is 5.91 Å². The van der Waals surface area contributed by atoms with E-state index in [0.717, 1.165) is 11.3 Å². The lowest BCUT2D eigenvalue weighted by atomic mass is 10.2. The van der Waals surface area contributed by atoms with Crippen LogP contribution in [0.5, 0.6) is 5.75 Å². The van der Waals surface area contributed by atoms with Gasteiger partial charge in [0, 0.05) is 7.05 Å². The lowest BCUT2D eigenvalue weighted by Gasteiger charge is -2.17. The van der Waals surface area contributed by atoms with Crippen LogP contribution in [0.3, 0.4) is 0 Å². The second-order valence-electron chi connectivity index (χ2n) is 5.14. The third-order valence-electron chi connectivity index (χ3n) is 3.29. The molecule has 2 rings (SSSR count). The molecule has 0 unspecified atom stereocenters. The van der Waals surface area contributed by atoms with Crippen LogP contribution < -0.4 is 10.1 Å². The first-order valence-corrected chi connectivity index (χ1v) is 7.31. The number of nitrogens with zero attached hydrogens (tertiary/aromatic N) is 1. The Morgan fingerprint density at radius 3 is 2.61 bits per heavy atom. The Bertz CT molecular complexity index is 635. The van der Waals surface area contributed by atoms with Gasteiger partial charge in [0.15, 0.2) is 5.76 Å². The van der Waals surface area contributed by atoms with Gasteiger partial charge in [0.1, 0.15) is 12.4 Å². The Hall–Kier alpha value is -2.76. The van der Waals surface area contributed by atoms with Gasteiger partial charge in [-0.3, -0.25) is 9.59 Å². The lowest BCUT2D eigenvalue weighted by molar-refractivity contribution is -0.129. The van der Waals surface area contributed by atoms with Crippen LogP contribution in [-0.2, 0) is 4.79 Å². The first-order valence-electron chi connectivity index (χ1n) is 7.31. The molecule has 0 saturated carbocycles. The number of hydrogen-bond donors (Lipinski definition) is 1. The van der Waals surface area contributed by atoms with E-state index in [9.17, 15) is 9.59 Å². The molecule has 1 heterocycles. The second kappa shape index (κ2) is 8.03. The summed E-state index contributed by atoms with van der Waals surface area (Å²) in [6.45, 7) is 2.74.